The summed E-state index contributed by atoms with van der Waals surface area (Å²) in [5, 5.41) is 10.7. The van der Waals surface area contributed by atoms with Gasteiger partial charge in [0, 0.05) is 38.3 Å². The number of carbonyl (C=O) groups is 2. The zero-order chi connectivity index (χ0) is 22.7. The first-order chi connectivity index (χ1) is 15.4. The summed E-state index contributed by atoms with van der Waals surface area (Å²) in [6.07, 6.45) is 4.63. The molecule has 2 fully saturated rings. The van der Waals surface area contributed by atoms with Crippen LogP contribution >= 0.6 is 0 Å². The summed E-state index contributed by atoms with van der Waals surface area (Å²) in [4.78, 5) is 28.6. The Labute approximate surface area is 188 Å². The molecule has 2 aliphatic rings. The summed E-state index contributed by atoms with van der Waals surface area (Å²) in [6.45, 7) is 7.09. The van der Waals surface area contributed by atoms with Gasteiger partial charge in [-0.1, -0.05) is 30.3 Å². The lowest BCUT2D eigenvalue weighted by molar-refractivity contribution is -0.126. The average Bonchev–Trinajstić information content (AvgIpc) is 3.37. The summed E-state index contributed by atoms with van der Waals surface area (Å²) < 4.78 is 0. The van der Waals surface area contributed by atoms with Crippen molar-refractivity contribution in [3.63, 3.8) is 0 Å². The molecule has 1 atom stereocenters. The van der Waals surface area contributed by atoms with Gasteiger partial charge in [-0.25, -0.2) is 0 Å². The number of imide groups is 1. The normalized spacial score (nSPS) is 21.3. The molecule has 2 saturated heterocycles. The second-order valence-electron chi connectivity index (χ2n) is 8.70. The third-order valence-electron chi connectivity index (χ3n) is 6.56. The van der Waals surface area contributed by atoms with Gasteiger partial charge in [-0.3, -0.25) is 19.8 Å². The minimum absolute atomic E-state index is 0.134. The predicted octanol–water partition coefficient (Wildman–Crippen LogP) is 1.99. The van der Waals surface area contributed by atoms with Gasteiger partial charge in [0.05, 0.1) is 17.0 Å². The van der Waals surface area contributed by atoms with E-state index in [4.69, 9.17) is 5.73 Å². The van der Waals surface area contributed by atoms with Crippen LogP contribution in [-0.2, 0) is 16.1 Å². The van der Waals surface area contributed by atoms with Crippen LogP contribution in [0, 0.1) is 6.92 Å². The van der Waals surface area contributed by atoms with Crippen molar-refractivity contribution in [1.82, 2.24) is 20.4 Å². The number of aryl methyl sites for hydroxylation is 1. The Hall–Kier alpha value is -3.26. The lowest BCUT2D eigenvalue weighted by Crippen LogP contribution is -2.45. The van der Waals surface area contributed by atoms with E-state index in [1.807, 2.05) is 13.0 Å². The molecule has 4 rings (SSSR count). The number of nitrogens with one attached hydrogen (secondary N) is 1. The maximum absolute atomic E-state index is 12.4. The number of likely N-dealkylation sites (tertiary alicyclic amines) is 1. The zero-order valence-electron chi connectivity index (χ0n) is 18.7. The number of anilines is 1. The SMILES string of the molecule is CC(=O)NC(=O)/C(=C\N)c1cc(N2CCC3(CCCN3Cc3ccccc3)C2)c(C)nn1. The smallest absolute Gasteiger partial charge is 0.261 e. The second-order valence-corrected chi connectivity index (χ2v) is 8.70. The summed E-state index contributed by atoms with van der Waals surface area (Å²) >= 11 is 0. The van der Waals surface area contributed by atoms with Crippen molar-refractivity contribution in [2.45, 2.75) is 45.2 Å². The highest BCUT2D eigenvalue weighted by molar-refractivity contribution is 6.22. The van der Waals surface area contributed by atoms with E-state index in [9.17, 15) is 9.59 Å². The zero-order valence-corrected chi connectivity index (χ0v) is 18.7. The van der Waals surface area contributed by atoms with Gasteiger partial charge in [0.15, 0.2) is 0 Å². The fraction of sp³-hybridized carbons (Fsp3) is 0.417. The van der Waals surface area contributed by atoms with E-state index in [1.54, 1.807) is 0 Å². The van der Waals surface area contributed by atoms with Gasteiger partial charge in [0.25, 0.3) is 5.91 Å². The number of amides is 2. The maximum Gasteiger partial charge on any atom is 0.261 e. The third kappa shape index (κ3) is 4.36. The quantitative estimate of drug-likeness (QED) is 0.694. The third-order valence-corrected chi connectivity index (χ3v) is 6.56. The van der Waals surface area contributed by atoms with Gasteiger partial charge in [-0.2, -0.15) is 5.10 Å². The first kappa shape index (κ1) is 22.0. The monoisotopic (exact) mass is 434 g/mol. The molecule has 8 heteroatoms. The molecule has 1 aromatic carbocycles. The molecule has 3 N–H and O–H groups in total. The van der Waals surface area contributed by atoms with Crippen LogP contribution in [0.1, 0.15) is 43.1 Å². The number of carbonyl (C=O) groups excluding carboxylic acids is 2. The molecule has 0 aliphatic carbocycles. The first-order valence-electron chi connectivity index (χ1n) is 11.0. The standard InChI is InChI=1S/C24H30N6O2/c1-17-22(13-21(28-27-17)20(14-25)23(32)26-18(2)31)29-12-10-24(16-29)9-6-11-30(24)15-19-7-4-3-5-8-19/h3-5,7-8,13-14H,6,9-12,15-16,25H2,1-2H3,(H,26,31,32)/b20-14-. The van der Waals surface area contributed by atoms with Crippen molar-refractivity contribution in [3.8, 4) is 0 Å². The van der Waals surface area contributed by atoms with Crippen LogP contribution in [0.15, 0.2) is 42.6 Å². The fourth-order valence-electron chi connectivity index (χ4n) is 4.97. The summed E-state index contributed by atoms with van der Waals surface area (Å²) in [5.74, 6) is -1.03. The molecule has 1 unspecified atom stereocenters. The van der Waals surface area contributed by atoms with Crippen molar-refractivity contribution < 1.29 is 9.59 Å². The predicted molar refractivity (Wildman–Crippen MR) is 123 cm³/mol. The Bertz CT molecular complexity index is 1040. The van der Waals surface area contributed by atoms with Crippen LogP contribution in [0.4, 0.5) is 5.69 Å². The molecule has 0 radical (unpaired) electrons. The van der Waals surface area contributed by atoms with Crippen molar-refractivity contribution in [2.75, 3.05) is 24.5 Å². The van der Waals surface area contributed by atoms with E-state index in [0.29, 0.717) is 5.69 Å². The highest BCUT2D eigenvalue weighted by Crippen LogP contribution is 2.40. The number of aromatic nitrogens is 2. The Morgan fingerprint density at radius 3 is 2.69 bits per heavy atom. The minimum Gasteiger partial charge on any atom is -0.404 e. The molecule has 1 aromatic heterocycles. The largest absolute Gasteiger partial charge is 0.404 e. The highest BCUT2D eigenvalue weighted by Gasteiger charge is 2.46. The van der Waals surface area contributed by atoms with E-state index >= 15 is 0 Å². The molecule has 168 valence electrons. The van der Waals surface area contributed by atoms with Gasteiger partial charge in [-0.05, 0) is 44.4 Å². The lowest BCUT2D eigenvalue weighted by atomic mass is 9.94. The topological polar surface area (TPSA) is 104 Å². The van der Waals surface area contributed by atoms with Crippen LogP contribution in [0.2, 0.25) is 0 Å². The van der Waals surface area contributed by atoms with Crippen molar-refractivity contribution in [3.05, 3.63) is 59.5 Å². The van der Waals surface area contributed by atoms with Gasteiger partial charge in [0.1, 0.15) is 5.69 Å². The fourth-order valence-corrected chi connectivity index (χ4v) is 4.97. The van der Waals surface area contributed by atoms with Crippen LogP contribution in [0.3, 0.4) is 0 Å². The van der Waals surface area contributed by atoms with Crippen LogP contribution in [-0.4, -0.2) is 52.1 Å². The molecule has 2 aliphatic heterocycles. The Morgan fingerprint density at radius 2 is 1.97 bits per heavy atom. The average molecular weight is 435 g/mol. The molecule has 2 amide bonds. The van der Waals surface area contributed by atoms with Crippen LogP contribution in [0.5, 0.6) is 0 Å². The Morgan fingerprint density at radius 1 is 1.19 bits per heavy atom. The second kappa shape index (κ2) is 9.08. The van der Waals surface area contributed by atoms with Crippen molar-refractivity contribution in [2.24, 2.45) is 5.73 Å². The molecular formula is C24H30N6O2. The number of hydrogen-bond acceptors (Lipinski definition) is 7. The van der Waals surface area contributed by atoms with E-state index in [1.165, 1.54) is 31.5 Å². The van der Waals surface area contributed by atoms with Gasteiger partial charge < -0.3 is 10.6 Å². The van der Waals surface area contributed by atoms with E-state index < -0.39 is 11.8 Å². The van der Waals surface area contributed by atoms with Crippen molar-refractivity contribution in [1.29, 1.82) is 0 Å². The highest BCUT2D eigenvalue weighted by atomic mass is 16.2. The lowest BCUT2D eigenvalue weighted by Gasteiger charge is -2.35. The number of nitrogens with two attached hydrogens (primary N) is 1. The molecule has 32 heavy (non-hydrogen) atoms. The molecular weight excluding hydrogens is 404 g/mol. The molecule has 2 aromatic rings. The number of nitrogens with zero attached hydrogens (tertiary/aromatic N) is 4. The molecule has 8 nitrogen and oxygen atoms in total. The molecule has 0 bridgehead atoms. The van der Waals surface area contributed by atoms with E-state index in [-0.39, 0.29) is 11.1 Å². The number of rotatable bonds is 5. The van der Waals surface area contributed by atoms with E-state index in [0.717, 1.165) is 44.0 Å². The summed E-state index contributed by atoms with van der Waals surface area (Å²) in [7, 11) is 0. The van der Waals surface area contributed by atoms with E-state index in [2.05, 4.69) is 55.6 Å². The number of benzene rings is 1. The van der Waals surface area contributed by atoms with Crippen molar-refractivity contribution >= 4 is 23.1 Å². The van der Waals surface area contributed by atoms with Crippen LogP contribution < -0.4 is 16.0 Å². The first-order valence-corrected chi connectivity index (χ1v) is 11.0. The summed E-state index contributed by atoms with van der Waals surface area (Å²) in [6, 6.07) is 12.5. The number of hydrogen-bond donors (Lipinski definition) is 2. The molecule has 1 spiro atoms. The Kier molecular flexibility index (Phi) is 6.23. The molecule has 0 saturated carbocycles. The summed E-state index contributed by atoms with van der Waals surface area (Å²) in [5.41, 5.74) is 9.42. The minimum atomic E-state index is -0.577. The van der Waals surface area contributed by atoms with Gasteiger partial charge >= 0.3 is 0 Å². The van der Waals surface area contributed by atoms with Gasteiger partial charge in [0.2, 0.25) is 5.91 Å². The molecule has 3 heterocycles. The maximum atomic E-state index is 12.4. The van der Waals surface area contributed by atoms with Crippen LogP contribution in [0.25, 0.3) is 5.57 Å². The van der Waals surface area contributed by atoms with Gasteiger partial charge in [-0.15, -0.1) is 5.10 Å². The Balaban J connectivity index is 1.55.